The molecule has 0 saturated carbocycles. The Morgan fingerprint density at radius 3 is 1.61 bits per heavy atom. The molecule has 15 rings (SSSR count). The maximum Gasteiger partial charge on any atom is 0.135 e. The SMILES string of the molecule is CC(C)(C)c1cc(-c2cccc(-c3ccc4c(c3)C3(c5ccccc5-c5ccccc53)c3ccccc3-4)c2N2[CH-]N(c3[c-]c(Oc4[c-]c5c(cc4)c4ccccc4n5-c4cc(C(C)(C)C)ccn4)ccc3)c3ccccc32)cc(C(C)(C)C)c1.[Pt]. The minimum absolute atomic E-state index is 0. The van der Waals surface area contributed by atoms with E-state index in [-0.39, 0.29) is 37.3 Å². The van der Waals surface area contributed by atoms with E-state index in [0.29, 0.717) is 11.5 Å². The summed E-state index contributed by atoms with van der Waals surface area (Å²) >= 11 is 0. The summed E-state index contributed by atoms with van der Waals surface area (Å²) in [5.41, 5.74) is 24.2. The normalized spacial score (nSPS) is 13.8. The predicted molar refractivity (Wildman–Crippen MR) is 347 cm³/mol. The Morgan fingerprint density at radius 1 is 0.424 bits per heavy atom. The third-order valence-corrected chi connectivity index (χ3v) is 17.8. The monoisotopic (exact) mass is 1280 g/mol. The second-order valence-corrected chi connectivity index (χ2v) is 26.1. The van der Waals surface area contributed by atoms with Crippen molar-refractivity contribution < 1.29 is 25.8 Å². The fraction of sp³-hybridized carbons (Fsp3) is 0.165. The molecule has 0 radical (unpaired) electrons. The molecule has 3 heterocycles. The Hall–Kier alpha value is -8.76. The molecule has 10 aromatic carbocycles. The predicted octanol–water partition coefficient (Wildman–Crippen LogP) is 20.5. The molecule has 0 unspecified atom stereocenters. The first-order valence-electron chi connectivity index (χ1n) is 29.4. The van der Waals surface area contributed by atoms with Gasteiger partial charge < -0.3 is 19.1 Å². The van der Waals surface area contributed by atoms with Crippen LogP contribution in [0.2, 0.25) is 0 Å². The molecule has 0 saturated heterocycles. The van der Waals surface area contributed by atoms with Crippen LogP contribution in [-0.4, -0.2) is 9.55 Å². The van der Waals surface area contributed by atoms with E-state index >= 15 is 0 Å². The molecule has 420 valence electrons. The van der Waals surface area contributed by atoms with Gasteiger partial charge in [-0.25, -0.2) is 4.98 Å². The first kappa shape index (κ1) is 54.2. The third-order valence-electron chi connectivity index (χ3n) is 17.8. The Morgan fingerprint density at radius 2 is 0.965 bits per heavy atom. The summed E-state index contributed by atoms with van der Waals surface area (Å²) in [4.78, 5) is 9.60. The Bertz CT molecular complexity index is 4560. The van der Waals surface area contributed by atoms with Crippen LogP contribution in [0.3, 0.4) is 0 Å². The minimum Gasteiger partial charge on any atom is -0.509 e. The van der Waals surface area contributed by atoms with Crippen LogP contribution >= 0.6 is 0 Å². The summed E-state index contributed by atoms with van der Waals surface area (Å²) in [5.74, 6) is 2.02. The average Bonchev–Trinajstić information content (AvgIpc) is 1.54. The topological polar surface area (TPSA) is 33.5 Å². The van der Waals surface area contributed by atoms with Crippen LogP contribution in [0.15, 0.2) is 225 Å². The number of anilines is 4. The van der Waals surface area contributed by atoms with E-state index in [2.05, 4.69) is 302 Å². The smallest absolute Gasteiger partial charge is 0.135 e. The van der Waals surface area contributed by atoms with Gasteiger partial charge in [-0.3, -0.25) is 0 Å². The van der Waals surface area contributed by atoms with Gasteiger partial charge in [-0.05, 0) is 130 Å². The second-order valence-electron chi connectivity index (χ2n) is 26.1. The van der Waals surface area contributed by atoms with Gasteiger partial charge in [0.05, 0.1) is 5.41 Å². The Balaban J connectivity index is 0.00000640. The van der Waals surface area contributed by atoms with Gasteiger partial charge in [0.1, 0.15) is 5.82 Å². The molecule has 1 aliphatic heterocycles. The summed E-state index contributed by atoms with van der Waals surface area (Å²) in [6.45, 7) is 22.9. The van der Waals surface area contributed by atoms with Gasteiger partial charge in [0.25, 0.3) is 0 Å². The van der Waals surface area contributed by atoms with E-state index in [4.69, 9.17) is 9.72 Å². The van der Waals surface area contributed by atoms with Crippen LogP contribution in [-0.2, 0) is 42.7 Å². The van der Waals surface area contributed by atoms with E-state index in [1.807, 2.05) is 18.3 Å². The quantitative estimate of drug-likeness (QED) is 0.149. The van der Waals surface area contributed by atoms with Gasteiger partial charge in [0.15, 0.2) is 0 Å². The molecule has 3 aliphatic rings. The molecule has 0 N–H and O–H groups in total. The van der Waals surface area contributed by atoms with Crippen molar-refractivity contribution in [3.63, 3.8) is 0 Å². The van der Waals surface area contributed by atoms with Gasteiger partial charge in [-0.1, -0.05) is 219 Å². The summed E-state index contributed by atoms with van der Waals surface area (Å²) in [7, 11) is 0. The van der Waals surface area contributed by atoms with E-state index in [1.54, 1.807) is 0 Å². The van der Waals surface area contributed by atoms with Crippen molar-refractivity contribution in [1.29, 1.82) is 0 Å². The molecule has 5 nitrogen and oxygen atoms in total. The third kappa shape index (κ3) is 8.63. The maximum absolute atomic E-state index is 6.83. The van der Waals surface area contributed by atoms with Crippen LogP contribution in [0.25, 0.3) is 72.1 Å². The Kier molecular flexibility index (Phi) is 12.7. The maximum atomic E-state index is 6.83. The van der Waals surface area contributed by atoms with Crippen LogP contribution in [0.5, 0.6) is 11.5 Å². The summed E-state index contributed by atoms with van der Waals surface area (Å²) < 4.78 is 9.03. The number of fused-ring (bicyclic) bond motifs is 14. The van der Waals surface area contributed by atoms with Crippen LogP contribution in [0.1, 0.15) is 101 Å². The fourth-order valence-electron chi connectivity index (χ4n) is 13.6. The van der Waals surface area contributed by atoms with Crippen molar-refractivity contribution in [2.75, 3.05) is 9.80 Å². The number of aromatic nitrogens is 2. The first-order chi connectivity index (χ1) is 40.5. The number of hydrogen-bond acceptors (Lipinski definition) is 4. The molecule has 0 bridgehead atoms. The standard InChI is InChI=1S/C79H65N4O.Pt/c1-76(2,3)52-40-41-80-74(46-52)83-70-33-17-13-27-64(70)65-39-37-57(48-73(65)83)84-56-23-20-22-55(47-56)81-49-82(72-35-19-18-34-71(72)81)75-58(28-21-29-59(75)51-42-53(77(4,5)6)45-54(43-51)78(7,8)9)50-36-38-63-62-26-12-16-32-68(62)79(69(63)44-50)66-30-14-10-24-60(66)61-25-11-15-31-67(61)79;/h10-46,49H,1-9H3;/q-3;. The molecule has 12 aromatic rings. The zero-order valence-electron chi connectivity index (χ0n) is 49.5. The van der Waals surface area contributed by atoms with E-state index in [0.717, 1.165) is 67.1 Å². The van der Waals surface area contributed by atoms with E-state index < -0.39 is 5.41 Å². The number of pyridine rings is 1. The molecular formula is C79H65N4OPt-3. The van der Waals surface area contributed by atoms with Crippen molar-refractivity contribution in [1.82, 2.24) is 9.55 Å². The molecule has 2 aliphatic carbocycles. The number of benzene rings is 10. The second kappa shape index (κ2) is 19.9. The number of ether oxygens (including phenoxy) is 1. The van der Waals surface area contributed by atoms with E-state index in [1.165, 1.54) is 66.8 Å². The van der Waals surface area contributed by atoms with Crippen LogP contribution in [0.4, 0.5) is 22.7 Å². The largest absolute Gasteiger partial charge is 0.509 e. The minimum atomic E-state index is -0.487. The van der Waals surface area contributed by atoms with Crippen molar-refractivity contribution in [3.05, 3.63) is 282 Å². The molecule has 0 fully saturated rings. The number of nitrogens with zero attached hydrogens (tertiary/aromatic N) is 4. The molecule has 2 aromatic heterocycles. The summed E-state index contributed by atoms with van der Waals surface area (Å²) in [6.07, 6.45) is 1.91. The van der Waals surface area contributed by atoms with Crippen molar-refractivity contribution in [2.24, 2.45) is 0 Å². The molecular weight excluding hydrogens is 1220 g/mol. The van der Waals surface area contributed by atoms with Gasteiger partial charge in [0.2, 0.25) is 0 Å². The van der Waals surface area contributed by atoms with Crippen LogP contribution < -0.4 is 14.5 Å². The van der Waals surface area contributed by atoms with Gasteiger partial charge in [-0.2, -0.15) is 12.1 Å². The molecule has 0 amide bonds. The molecule has 6 heteroatoms. The average molecular weight is 1280 g/mol. The van der Waals surface area contributed by atoms with E-state index in [9.17, 15) is 0 Å². The van der Waals surface area contributed by atoms with Crippen molar-refractivity contribution >= 4 is 44.6 Å². The molecule has 85 heavy (non-hydrogen) atoms. The number of hydrogen-bond donors (Lipinski definition) is 0. The van der Waals surface area contributed by atoms with Gasteiger partial charge in [-0.15, -0.1) is 48.1 Å². The van der Waals surface area contributed by atoms with Gasteiger partial charge in [0, 0.05) is 72.5 Å². The van der Waals surface area contributed by atoms with Crippen molar-refractivity contribution in [3.8, 4) is 61.8 Å². The zero-order valence-corrected chi connectivity index (χ0v) is 51.7. The summed E-state index contributed by atoms with van der Waals surface area (Å²) in [6, 6.07) is 87.9. The van der Waals surface area contributed by atoms with Crippen LogP contribution in [0, 0.1) is 18.8 Å². The molecule has 1 spiro atoms. The Labute approximate surface area is 514 Å². The van der Waals surface area contributed by atoms with Gasteiger partial charge >= 0.3 is 0 Å². The number of rotatable bonds is 7. The fourth-order valence-corrected chi connectivity index (χ4v) is 13.6. The molecule has 0 atom stereocenters. The summed E-state index contributed by atoms with van der Waals surface area (Å²) in [5, 5.41) is 2.22. The zero-order chi connectivity index (χ0) is 57.4. The first-order valence-corrected chi connectivity index (χ1v) is 29.4. The number of para-hydroxylation sites is 4. The van der Waals surface area contributed by atoms with Crippen molar-refractivity contribution in [2.45, 2.75) is 84.0 Å².